The van der Waals surface area contributed by atoms with E-state index in [1.807, 2.05) is 13.0 Å². The van der Waals surface area contributed by atoms with Gasteiger partial charge in [0, 0.05) is 12.1 Å². The first kappa shape index (κ1) is 11.9. The van der Waals surface area contributed by atoms with Gasteiger partial charge in [0.05, 0.1) is 4.92 Å². The lowest BCUT2D eigenvalue weighted by Gasteiger charge is -2.17. The van der Waals surface area contributed by atoms with Crippen molar-refractivity contribution in [2.24, 2.45) is 5.73 Å². The number of nitrogens with zero attached hydrogens (tertiary/aromatic N) is 1. The molecule has 0 radical (unpaired) electrons. The molecular formula is C12H16N2O3. The predicted molar refractivity (Wildman–Crippen MR) is 64.1 cm³/mol. The van der Waals surface area contributed by atoms with Crippen LogP contribution in [0.2, 0.25) is 0 Å². The maximum Gasteiger partial charge on any atom is 0.311 e. The van der Waals surface area contributed by atoms with Crippen LogP contribution < -0.4 is 10.5 Å². The van der Waals surface area contributed by atoms with E-state index in [4.69, 9.17) is 10.5 Å². The SMILES string of the molecule is Cc1ccc(OC2CCCC2N)c([N+](=O)[O-])c1. The molecule has 5 heteroatoms. The Balaban J connectivity index is 2.22. The van der Waals surface area contributed by atoms with Crippen molar-refractivity contribution in [2.75, 3.05) is 0 Å². The van der Waals surface area contributed by atoms with E-state index >= 15 is 0 Å². The quantitative estimate of drug-likeness (QED) is 0.644. The molecule has 1 aromatic carbocycles. The third kappa shape index (κ3) is 2.55. The molecule has 0 aliphatic heterocycles. The minimum Gasteiger partial charge on any atom is -0.482 e. The molecule has 92 valence electrons. The molecule has 2 atom stereocenters. The summed E-state index contributed by atoms with van der Waals surface area (Å²) in [5.41, 5.74) is 6.75. The number of nitro groups is 1. The summed E-state index contributed by atoms with van der Waals surface area (Å²) in [5.74, 6) is 0.322. The van der Waals surface area contributed by atoms with Crippen molar-refractivity contribution in [3.63, 3.8) is 0 Å². The van der Waals surface area contributed by atoms with Crippen molar-refractivity contribution in [1.29, 1.82) is 0 Å². The van der Waals surface area contributed by atoms with Gasteiger partial charge in [-0.15, -0.1) is 0 Å². The number of aryl methyl sites for hydroxylation is 1. The first-order valence-electron chi connectivity index (χ1n) is 5.75. The Morgan fingerprint density at radius 3 is 2.82 bits per heavy atom. The van der Waals surface area contributed by atoms with Gasteiger partial charge >= 0.3 is 5.69 Å². The first-order chi connectivity index (χ1) is 8.08. The zero-order chi connectivity index (χ0) is 12.4. The molecular weight excluding hydrogens is 220 g/mol. The van der Waals surface area contributed by atoms with E-state index in [-0.39, 0.29) is 17.8 Å². The van der Waals surface area contributed by atoms with Crippen LogP contribution in [-0.2, 0) is 0 Å². The van der Waals surface area contributed by atoms with Crippen molar-refractivity contribution in [2.45, 2.75) is 38.3 Å². The molecule has 17 heavy (non-hydrogen) atoms. The average molecular weight is 236 g/mol. The third-order valence-electron chi connectivity index (χ3n) is 3.09. The zero-order valence-corrected chi connectivity index (χ0v) is 9.76. The first-order valence-corrected chi connectivity index (χ1v) is 5.75. The van der Waals surface area contributed by atoms with Crippen molar-refractivity contribution in [3.05, 3.63) is 33.9 Å². The Morgan fingerprint density at radius 1 is 1.47 bits per heavy atom. The Morgan fingerprint density at radius 2 is 2.24 bits per heavy atom. The molecule has 5 nitrogen and oxygen atoms in total. The topological polar surface area (TPSA) is 78.4 Å². The maximum absolute atomic E-state index is 10.9. The van der Waals surface area contributed by atoms with Crippen LogP contribution in [0.4, 0.5) is 5.69 Å². The highest BCUT2D eigenvalue weighted by Gasteiger charge is 2.28. The summed E-state index contributed by atoms with van der Waals surface area (Å²) in [6, 6.07) is 4.97. The van der Waals surface area contributed by atoms with E-state index in [2.05, 4.69) is 0 Å². The van der Waals surface area contributed by atoms with Gasteiger partial charge in [0.25, 0.3) is 0 Å². The highest BCUT2D eigenvalue weighted by atomic mass is 16.6. The lowest BCUT2D eigenvalue weighted by Crippen LogP contribution is -2.33. The van der Waals surface area contributed by atoms with Crippen LogP contribution in [-0.4, -0.2) is 17.1 Å². The summed E-state index contributed by atoms with van der Waals surface area (Å²) >= 11 is 0. The van der Waals surface area contributed by atoms with E-state index in [9.17, 15) is 10.1 Å². The molecule has 1 aromatic rings. The second kappa shape index (κ2) is 4.71. The van der Waals surface area contributed by atoms with Crippen LogP contribution in [0, 0.1) is 17.0 Å². The van der Waals surface area contributed by atoms with Crippen molar-refractivity contribution < 1.29 is 9.66 Å². The highest BCUT2D eigenvalue weighted by Crippen LogP contribution is 2.31. The Kier molecular flexibility index (Phi) is 3.28. The lowest BCUT2D eigenvalue weighted by atomic mass is 10.2. The van der Waals surface area contributed by atoms with Gasteiger partial charge in [-0.2, -0.15) is 0 Å². The number of hydrogen-bond donors (Lipinski definition) is 1. The van der Waals surface area contributed by atoms with E-state index in [1.54, 1.807) is 6.07 Å². The van der Waals surface area contributed by atoms with Crippen LogP contribution in [0.1, 0.15) is 24.8 Å². The summed E-state index contributed by atoms with van der Waals surface area (Å²) < 4.78 is 5.67. The summed E-state index contributed by atoms with van der Waals surface area (Å²) in [5, 5.41) is 10.9. The van der Waals surface area contributed by atoms with Gasteiger partial charge in [0.1, 0.15) is 6.10 Å². The van der Waals surface area contributed by atoms with Crippen molar-refractivity contribution in [3.8, 4) is 5.75 Å². The molecule has 1 aliphatic rings. The molecule has 2 rings (SSSR count). The zero-order valence-electron chi connectivity index (χ0n) is 9.76. The summed E-state index contributed by atoms with van der Waals surface area (Å²) in [7, 11) is 0. The fourth-order valence-electron chi connectivity index (χ4n) is 2.13. The number of ether oxygens (including phenoxy) is 1. The number of nitrogens with two attached hydrogens (primary N) is 1. The molecule has 0 saturated heterocycles. The Hall–Kier alpha value is -1.62. The Bertz CT molecular complexity index is 434. The minimum atomic E-state index is -0.414. The second-order valence-corrected chi connectivity index (χ2v) is 4.48. The molecule has 1 saturated carbocycles. The molecule has 0 aromatic heterocycles. The van der Waals surface area contributed by atoms with E-state index in [1.165, 1.54) is 6.07 Å². The molecule has 0 heterocycles. The van der Waals surface area contributed by atoms with Gasteiger partial charge in [-0.25, -0.2) is 0 Å². The average Bonchev–Trinajstić information content (AvgIpc) is 2.67. The predicted octanol–water partition coefficient (Wildman–Crippen LogP) is 2.16. The van der Waals surface area contributed by atoms with Crippen LogP contribution in [0.3, 0.4) is 0 Å². The molecule has 2 N–H and O–H groups in total. The van der Waals surface area contributed by atoms with Gasteiger partial charge in [-0.3, -0.25) is 10.1 Å². The standard InChI is InChI=1S/C12H16N2O3/c1-8-5-6-12(10(7-8)14(15)16)17-11-4-2-3-9(11)13/h5-7,9,11H,2-4,13H2,1H3. The van der Waals surface area contributed by atoms with E-state index < -0.39 is 4.92 Å². The molecule has 0 spiro atoms. The fourth-order valence-corrected chi connectivity index (χ4v) is 2.13. The third-order valence-corrected chi connectivity index (χ3v) is 3.09. The molecule has 1 aliphatic carbocycles. The van der Waals surface area contributed by atoms with Crippen LogP contribution >= 0.6 is 0 Å². The maximum atomic E-state index is 10.9. The number of rotatable bonds is 3. The number of hydrogen-bond acceptors (Lipinski definition) is 4. The number of benzene rings is 1. The Labute approximate surface area is 99.7 Å². The molecule has 2 unspecified atom stereocenters. The minimum absolute atomic E-state index is 0.0177. The van der Waals surface area contributed by atoms with E-state index in [0.717, 1.165) is 24.8 Å². The normalized spacial score (nSPS) is 23.6. The molecule has 0 bridgehead atoms. The van der Waals surface area contributed by atoms with Gasteiger partial charge in [0.2, 0.25) is 0 Å². The van der Waals surface area contributed by atoms with Crippen molar-refractivity contribution in [1.82, 2.24) is 0 Å². The smallest absolute Gasteiger partial charge is 0.311 e. The van der Waals surface area contributed by atoms with Gasteiger partial charge in [0.15, 0.2) is 5.75 Å². The molecule has 0 amide bonds. The largest absolute Gasteiger partial charge is 0.482 e. The summed E-state index contributed by atoms with van der Waals surface area (Å²) in [4.78, 5) is 10.5. The van der Waals surface area contributed by atoms with Gasteiger partial charge < -0.3 is 10.5 Å². The molecule has 1 fully saturated rings. The second-order valence-electron chi connectivity index (χ2n) is 4.48. The lowest BCUT2D eigenvalue weighted by molar-refractivity contribution is -0.386. The van der Waals surface area contributed by atoms with Crippen LogP contribution in [0.15, 0.2) is 18.2 Å². The fraction of sp³-hybridized carbons (Fsp3) is 0.500. The van der Waals surface area contributed by atoms with Crippen LogP contribution in [0.5, 0.6) is 5.75 Å². The highest BCUT2D eigenvalue weighted by molar-refractivity contribution is 5.48. The van der Waals surface area contributed by atoms with Gasteiger partial charge in [-0.1, -0.05) is 6.07 Å². The number of nitro benzene ring substituents is 1. The summed E-state index contributed by atoms with van der Waals surface area (Å²) in [6.07, 6.45) is 2.71. The van der Waals surface area contributed by atoms with E-state index in [0.29, 0.717) is 5.75 Å². The van der Waals surface area contributed by atoms with Crippen LogP contribution in [0.25, 0.3) is 0 Å². The van der Waals surface area contributed by atoms with Crippen molar-refractivity contribution >= 4 is 5.69 Å². The monoisotopic (exact) mass is 236 g/mol. The summed E-state index contributed by atoms with van der Waals surface area (Å²) in [6.45, 7) is 1.82. The van der Waals surface area contributed by atoms with Gasteiger partial charge in [-0.05, 0) is 37.8 Å².